The van der Waals surface area contributed by atoms with Gasteiger partial charge < -0.3 is 4.74 Å². The predicted molar refractivity (Wildman–Crippen MR) is 75.8 cm³/mol. The topological polar surface area (TPSA) is 29.5 Å². The van der Waals surface area contributed by atoms with Gasteiger partial charge in [0.05, 0.1) is 6.04 Å². The number of nitrogens with zero attached hydrogens (tertiary/aromatic N) is 1. The third-order valence-corrected chi connectivity index (χ3v) is 4.18. The number of ether oxygens (including phenoxy) is 1. The fourth-order valence-electron chi connectivity index (χ4n) is 2.86. The lowest BCUT2D eigenvalue weighted by atomic mass is 9.87. The molecule has 0 aromatic heterocycles. The van der Waals surface area contributed by atoms with Gasteiger partial charge in [0.25, 0.3) is 0 Å². The molecule has 0 N–H and O–H groups in total. The van der Waals surface area contributed by atoms with Crippen molar-refractivity contribution in [3.05, 3.63) is 35.9 Å². The summed E-state index contributed by atoms with van der Waals surface area (Å²) >= 11 is 0. The molecule has 1 aromatic rings. The van der Waals surface area contributed by atoms with Gasteiger partial charge in [-0.2, -0.15) is 0 Å². The molecule has 0 unspecified atom stereocenters. The summed E-state index contributed by atoms with van der Waals surface area (Å²) in [6.07, 6.45) is 2.18. The van der Waals surface area contributed by atoms with Gasteiger partial charge >= 0.3 is 5.97 Å². The van der Waals surface area contributed by atoms with Crippen LogP contribution in [0.5, 0.6) is 0 Å². The Balaban J connectivity index is 2.32. The second kappa shape index (κ2) is 5.74. The summed E-state index contributed by atoms with van der Waals surface area (Å²) in [4.78, 5) is 14.2. The van der Waals surface area contributed by atoms with E-state index in [2.05, 4.69) is 31.0 Å². The summed E-state index contributed by atoms with van der Waals surface area (Å²) in [6, 6.07) is 10.3. The molecule has 1 aliphatic heterocycles. The van der Waals surface area contributed by atoms with Crippen LogP contribution >= 0.6 is 0 Å². The molecule has 3 heteroatoms. The fraction of sp³-hybridized carbons (Fsp3) is 0.562. The predicted octanol–water partition coefficient (Wildman–Crippen LogP) is 2.95. The molecular weight excluding hydrogens is 238 g/mol. The maximum atomic E-state index is 12.0. The van der Waals surface area contributed by atoms with Crippen LogP contribution in [0.3, 0.4) is 0 Å². The molecule has 1 heterocycles. The molecule has 0 amide bonds. The second-order valence-corrected chi connectivity index (χ2v) is 5.39. The first-order valence-corrected chi connectivity index (χ1v) is 7.07. The van der Waals surface area contributed by atoms with E-state index in [1.807, 2.05) is 25.1 Å². The first kappa shape index (κ1) is 14.1. The molecule has 1 aromatic carbocycles. The lowest BCUT2D eigenvalue weighted by Crippen LogP contribution is -2.42. The third-order valence-electron chi connectivity index (χ3n) is 4.18. The van der Waals surface area contributed by atoms with Gasteiger partial charge in [-0.05, 0) is 26.0 Å². The lowest BCUT2D eigenvalue weighted by Gasteiger charge is -2.35. The van der Waals surface area contributed by atoms with Gasteiger partial charge in [-0.25, -0.2) is 0 Å². The van der Waals surface area contributed by atoms with Crippen LogP contribution in [-0.2, 0) is 15.1 Å². The van der Waals surface area contributed by atoms with Crippen molar-refractivity contribution in [2.75, 3.05) is 13.6 Å². The minimum atomic E-state index is -0.484. The van der Waals surface area contributed by atoms with Crippen molar-refractivity contribution in [3.63, 3.8) is 0 Å². The van der Waals surface area contributed by atoms with E-state index in [0.717, 1.165) is 24.9 Å². The third kappa shape index (κ3) is 2.66. The first-order chi connectivity index (χ1) is 9.10. The number of likely N-dealkylation sites (tertiary alicyclic amines) is 1. The largest absolute Gasteiger partial charge is 0.452 e. The van der Waals surface area contributed by atoms with E-state index in [4.69, 9.17) is 4.74 Å². The molecule has 2 atom stereocenters. The Morgan fingerprint density at radius 1 is 1.42 bits per heavy atom. The summed E-state index contributed by atoms with van der Waals surface area (Å²) in [5, 5.41) is 0. The summed E-state index contributed by atoms with van der Waals surface area (Å²) in [5.41, 5.74) is 0.624. The smallest absolute Gasteiger partial charge is 0.306 e. The van der Waals surface area contributed by atoms with Crippen molar-refractivity contribution in [3.8, 4) is 0 Å². The fourth-order valence-corrected chi connectivity index (χ4v) is 2.86. The first-order valence-electron chi connectivity index (χ1n) is 7.07. The zero-order valence-electron chi connectivity index (χ0n) is 12.1. The summed E-state index contributed by atoms with van der Waals surface area (Å²) in [7, 11) is 2.09. The summed E-state index contributed by atoms with van der Waals surface area (Å²) in [5.74, 6) is -0.0893. The van der Waals surface area contributed by atoms with Gasteiger partial charge in [-0.3, -0.25) is 9.69 Å². The molecular formula is C16H23NO2. The van der Waals surface area contributed by atoms with E-state index in [1.54, 1.807) is 0 Å². The number of hydrogen-bond acceptors (Lipinski definition) is 3. The number of carbonyl (C=O) groups excluding carboxylic acids is 1. The Morgan fingerprint density at radius 3 is 2.63 bits per heavy atom. The highest BCUT2D eigenvalue weighted by molar-refractivity contribution is 5.70. The number of likely N-dealkylation sites (N-methyl/N-ethyl adjacent to an activating group) is 1. The molecule has 19 heavy (non-hydrogen) atoms. The highest BCUT2D eigenvalue weighted by atomic mass is 16.6. The van der Waals surface area contributed by atoms with Gasteiger partial charge in [0, 0.05) is 19.4 Å². The molecule has 0 spiro atoms. The van der Waals surface area contributed by atoms with Crippen LogP contribution in [0, 0.1) is 0 Å². The SMILES string of the molecule is CCCC(=O)O[C@@]1(c2ccccc2)CCN(C)[C@H]1C. The van der Waals surface area contributed by atoms with Crippen LogP contribution in [0.15, 0.2) is 30.3 Å². The zero-order valence-corrected chi connectivity index (χ0v) is 12.1. The monoisotopic (exact) mass is 261 g/mol. The maximum absolute atomic E-state index is 12.0. The van der Waals surface area contributed by atoms with E-state index < -0.39 is 5.60 Å². The zero-order chi connectivity index (χ0) is 13.9. The highest BCUT2D eigenvalue weighted by Crippen LogP contribution is 2.40. The molecule has 2 rings (SSSR count). The van der Waals surface area contributed by atoms with Crippen molar-refractivity contribution < 1.29 is 9.53 Å². The average molecular weight is 261 g/mol. The minimum Gasteiger partial charge on any atom is -0.452 e. The van der Waals surface area contributed by atoms with Gasteiger partial charge in [0.2, 0.25) is 0 Å². The van der Waals surface area contributed by atoms with Gasteiger partial charge in [-0.1, -0.05) is 37.3 Å². The molecule has 104 valence electrons. The number of carbonyl (C=O) groups is 1. The van der Waals surface area contributed by atoms with Crippen LogP contribution < -0.4 is 0 Å². The van der Waals surface area contributed by atoms with Crippen molar-refractivity contribution >= 4 is 5.97 Å². The van der Waals surface area contributed by atoms with Crippen LogP contribution in [-0.4, -0.2) is 30.5 Å². The summed E-state index contributed by atoms with van der Waals surface area (Å²) in [6.45, 7) is 5.09. The van der Waals surface area contributed by atoms with Gasteiger partial charge in [-0.15, -0.1) is 0 Å². The van der Waals surface area contributed by atoms with E-state index in [0.29, 0.717) is 6.42 Å². The van der Waals surface area contributed by atoms with Gasteiger partial charge in [0.15, 0.2) is 5.60 Å². The highest BCUT2D eigenvalue weighted by Gasteiger charge is 2.48. The van der Waals surface area contributed by atoms with E-state index >= 15 is 0 Å². The molecule has 1 aliphatic rings. The Kier molecular flexibility index (Phi) is 4.25. The number of esters is 1. The van der Waals surface area contributed by atoms with Crippen LogP contribution in [0.25, 0.3) is 0 Å². The maximum Gasteiger partial charge on any atom is 0.306 e. The number of rotatable bonds is 4. The van der Waals surface area contributed by atoms with Crippen molar-refractivity contribution in [1.29, 1.82) is 0 Å². The number of hydrogen-bond donors (Lipinski definition) is 0. The van der Waals surface area contributed by atoms with Crippen LogP contribution in [0.1, 0.15) is 38.7 Å². The molecule has 0 radical (unpaired) electrons. The average Bonchev–Trinajstić information content (AvgIpc) is 2.70. The molecule has 1 fully saturated rings. The lowest BCUT2D eigenvalue weighted by molar-refractivity contribution is -0.163. The summed E-state index contributed by atoms with van der Waals surface area (Å²) < 4.78 is 5.93. The van der Waals surface area contributed by atoms with E-state index in [1.165, 1.54) is 0 Å². The molecule has 0 saturated carbocycles. The van der Waals surface area contributed by atoms with E-state index in [9.17, 15) is 4.79 Å². The second-order valence-electron chi connectivity index (χ2n) is 5.39. The van der Waals surface area contributed by atoms with Crippen LogP contribution in [0.2, 0.25) is 0 Å². The van der Waals surface area contributed by atoms with E-state index in [-0.39, 0.29) is 12.0 Å². The molecule has 0 aliphatic carbocycles. The normalized spacial score (nSPS) is 27.4. The van der Waals surface area contributed by atoms with Crippen molar-refractivity contribution in [2.24, 2.45) is 0 Å². The Morgan fingerprint density at radius 2 is 2.11 bits per heavy atom. The minimum absolute atomic E-state index is 0.0893. The number of benzene rings is 1. The van der Waals surface area contributed by atoms with Crippen molar-refractivity contribution in [2.45, 2.75) is 44.8 Å². The molecule has 1 saturated heterocycles. The standard InChI is InChI=1S/C16H23NO2/c1-4-8-15(18)19-16(11-12-17(3)13(16)2)14-9-6-5-7-10-14/h5-7,9-10,13H,4,8,11-12H2,1-3H3/t13-,16-/m0/s1. The van der Waals surface area contributed by atoms with Crippen LogP contribution in [0.4, 0.5) is 0 Å². The molecule has 0 bridgehead atoms. The van der Waals surface area contributed by atoms with Crippen molar-refractivity contribution in [1.82, 2.24) is 4.90 Å². The quantitative estimate of drug-likeness (QED) is 0.780. The van der Waals surface area contributed by atoms with Gasteiger partial charge in [0.1, 0.15) is 0 Å². The Hall–Kier alpha value is -1.35. The Bertz CT molecular complexity index is 432. The Labute approximate surface area is 115 Å². The molecule has 3 nitrogen and oxygen atoms in total.